The number of aromatic nitrogens is 1. The van der Waals surface area contributed by atoms with Crippen molar-refractivity contribution in [2.75, 3.05) is 0 Å². The number of nitrogens with zero attached hydrogens (tertiary/aromatic N) is 1. The number of pyridine rings is 1. The molecule has 1 N–H and O–H groups in total. The fourth-order valence-electron chi connectivity index (χ4n) is 0.601. The SMILES string of the molecule is O=CNCc1c[c]ccn1. The molecule has 0 bridgehead atoms. The highest BCUT2D eigenvalue weighted by atomic mass is 16.1. The Morgan fingerprint density at radius 3 is 3.30 bits per heavy atom. The van der Waals surface area contributed by atoms with E-state index in [2.05, 4.69) is 16.4 Å². The molecule has 0 saturated heterocycles. The summed E-state index contributed by atoms with van der Waals surface area (Å²) in [6, 6.07) is 6.30. The second-order valence-electron chi connectivity index (χ2n) is 1.75. The predicted molar refractivity (Wildman–Crippen MR) is 36.0 cm³/mol. The highest BCUT2D eigenvalue weighted by Crippen LogP contribution is 1.89. The van der Waals surface area contributed by atoms with Gasteiger partial charge >= 0.3 is 0 Å². The first-order valence-corrected chi connectivity index (χ1v) is 2.91. The van der Waals surface area contributed by atoms with Crippen molar-refractivity contribution in [2.24, 2.45) is 0 Å². The molecule has 1 radical (unpaired) electrons. The van der Waals surface area contributed by atoms with Gasteiger partial charge in [0.2, 0.25) is 6.41 Å². The van der Waals surface area contributed by atoms with Crippen LogP contribution in [-0.4, -0.2) is 11.4 Å². The van der Waals surface area contributed by atoms with Crippen molar-refractivity contribution in [1.82, 2.24) is 10.3 Å². The second kappa shape index (κ2) is 3.61. The van der Waals surface area contributed by atoms with Gasteiger partial charge in [-0.2, -0.15) is 0 Å². The van der Waals surface area contributed by atoms with E-state index in [4.69, 9.17) is 0 Å². The Morgan fingerprint density at radius 1 is 1.80 bits per heavy atom. The van der Waals surface area contributed by atoms with Crippen LogP contribution in [0.3, 0.4) is 0 Å². The summed E-state index contributed by atoms with van der Waals surface area (Å²) in [4.78, 5) is 13.8. The molecule has 1 amide bonds. The maximum absolute atomic E-state index is 9.83. The van der Waals surface area contributed by atoms with E-state index >= 15 is 0 Å². The summed E-state index contributed by atoms with van der Waals surface area (Å²) in [5.74, 6) is 0. The Hall–Kier alpha value is -1.38. The Kier molecular flexibility index (Phi) is 2.43. The normalized spacial score (nSPS) is 8.80. The zero-order chi connectivity index (χ0) is 7.23. The average molecular weight is 135 g/mol. The summed E-state index contributed by atoms with van der Waals surface area (Å²) >= 11 is 0. The number of carbonyl (C=O) groups excluding carboxylic acids is 1. The van der Waals surface area contributed by atoms with E-state index in [1.165, 1.54) is 0 Å². The van der Waals surface area contributed by atoms with Gasteiger partial charge in [-0.3, -0.25) is 9.78 Å². The lowest BCUT2D eigenvalue weighted by Crippen LogP contribution is -2.10. The smallest absolute Gasteiger partial charge is 0.207 e. The summed E-state index contributed by atoms with van der Waals surface area (Å²) in [5.41, 5.74) is 0.814. The van der Waals surface area contributed by atoms with E-state index < -0.39 is 0 Å². The van der Waals surface area contributed by atoms with Crippen molar-refractivity contribution < 1.29 is 4.79 Å². The molecule has 1 aromatic rings. The standard InChI is InChI=1S/C7H7N2O/c10-6-8-5-7-3-1-2-4-9-7/h2-4,6H,5H2,(H,8,10). The molecule has 0 aromatic carbocycles. The summed E-state index contributed by atoms with van der Waals surface area (Å²) in [7, 11) is 0. The summed E-state index contributed by atoms with van der Waals surface area (Å²) in [5, 5.41) is 2.50. The number of rotatable bonds is 3. The van der Waals surface area contributed by atoms with Crippen molar-refractivity contribution in [2.45, 2.75) is 6.54 Å². The predicted octanol–water partition coefficient (Wildman–Crippen LogP) is 0.128. The topological polar surface area (TPSA) is 42.0 Å². The molecule has 3 heteroatoms. The van der Waals surface area contributed by atoms with Crippen LogP contribution >= 0.6 is 0 Å². The van der Waals surface area contributed by atoms with Crippen molar-refractivity contribution in [3.8, 4) is 0 Å². The van der Waals surface area contributed by atoms with Gasteiger partial charge in [0.25, 0.3) is 0 Å². The second-order valence-corrected chi connectivity index (χ2v) is 1.75. The van der Waals surface area contributed by atoms with Crippen molar-refractivity contribution in [3.05, 3.63) is 30.1 Å². The monoisotopic (exact) mass is 135 g/mol. The van der Waals surface area contributed by atoms with E-state index in [0.717, 1.165) is 5.69 Å². The van der Waals surface area contributed by atoms with Gasteiger partial charge in [0.15, 0.2) is 0 Å². The van der Waals surface area contributed by atoms with E-state index in [0.29, 0.717) is 13.0 Å². The molecule has 51 valence electrons. The van der Waals surface area contributed by atoms with Crippen LogP contribution in [0.4, 0.5) is 0 Å². The van der Waals surface area contributed by atoms with Gasteiger partial charge in [-0.05, 0) is 18.2 Å². The van der Waals surface area contributed by atoms with Crippen LogP contribution in [0.2, 0.25) is 0 Å². The number of hydrogen-bond acceptors (Lipinski definition) is 2. The molecule has 0 unspecified atom stereocenters. The summed E-state index contributed by atoms with van der Waals surface area (Å²) in [6.45, 7) is 0.473. The minimum absolute atomic E-state index is 0.473. The minimum Gasteiger partial charge on any atom is -0.353 e. The molecule has 0 atom stereocenters. The Bertz CT molecular complexity index is 198. The van der Waals surface area contributed by atoms with Gasteiger partial charge in [0.1, 0.15) is 0 Å². The third-order valence-corrected chi connectivity index (χ3v) is 1.03. The lowest BCUT2D eigenvalue weighted by Gasteiger charge is -1.94. The van der Waals surface area contributed by atoms with Crippen LogP contribution in [0.1, 0.15) is 5.69 Å². The Labute approximate surface area is 59.1 Å². The van der Waals surface area contributed by atoms with Crippen LogP contribution in [0, 0.1) is 6.07 Å². The van der Waals surface area contributed by atoms with Crippen LogP contribution in [0.25, 0.3) is 0 Å². The fourth-order valence-corrected chi connectivity index (χ4v) is 0.601. The molecular formula is C7H7N2O. The largest absolute Gasteiger partial charge is 0.353 e. The number of hydrogen-bond donors (Lipinski definition) is 1. The molecule has 0 saturated carbocycles. The van der Waals surface area contributed by atoms with Crippen molar-refractivity contribution >= 4 is 6.41 Å². The van der Waals surface area contributed by atoms with Crippen LogP contribution in [-0.2, 0) is 11.3 Å². The van der Waals surface area contributed by atoms with Crippen molar-refractivity contribution in [1.29, 1.82) is 0 Å². The lowest BCUT2D eigenvalue weighted by molar-refractivity contribution is -0.109. The maximum atomic E-state index is 9.83. The molecular weight excluding hydrogens is 128 g/mol. The molecule has 3 nitrogen and oxygen atoms in total. The third-order valence-electron chi connectivity index (χ3n) is 1.03. The average Bonchev–Trinajstić information content (AvgIpc) is 2.03. The molecule has 1 rings (SSSR count). The van der Waals surface area contributed by atoms with Crippen LogP contribution in [0.5, 0.6) is 0 Å². The Morgan fingerprint density at radius 2 is 2.70 bits per heavy atom. The van der Waals surface area contributed by atoms with E-state index in [-0.39, 0.29) is 0 Å². The molecule has 0 aliphatic rings. The molecule has 0 fully saturated rings. The molecule has 1 aromatic heterocycles. The van der Waals surface area contributed by atoms with E-state index in [1.54, 1.807) is 18.3 Å². The van der Waals surface area contributed by atoms with Gasteiger partial charge in [-0.15, -0.1) is 0 Å². The van der Waals surface area contributed by atoms with E-state index in [9.17, 15) is 4.79 Å². The lowest BCUT2D eigenvalue weighted by atomic mass is 10.3. The van der Waals surface area contributed by atoms with Gasteiger partial charge in [-0.1, -0.05) is 0 Å². The zero-order valence-corrected chi connectivity index (χ0v) is 5.37. The van der Waals surface area contributed by atoms with Gasteiger partial charge in [0.05, 0.1) is 12.2 Å². The van der Waals surface area contributed by atoms with Crippen LogP contribution < -0.4 is 5.32 Å². The zero-order valence-electron chi connectivity index (χ0n) is 5.37. The fraction of sp³-hybridized carbons (Fsp3) is 0.143. The number of carbonyl (C=O) groups is 1. The van der Waals surface area contributed by atoms with Gasteiger partial charge in [0, 0.05) is 6.20 Å². The quantitative estimate of drug-likeness (QED) is 0.598. The highest BCUT2D eigenvalue weighted by molar-refractivity contribution is 5.45. The van der Waals surface area contributed by atoms with Crippen LogP contribution in [0.15, 0.2) is 18.3 Å². The van der Waals surface area contributed by atoms with E-state index in [1.807, 2.05) is 0 Å². The van der Waals surface area contributed by atoms with Gasteiger partial charge in [-0.25, -0.2) is 0 Å². The first kappa shape index (κ1) is 6.74. The first-order chi connectivity index (χ1) is 4.93. The molecule has 1 heterocycles. The first-order valence-electron chi connectivity index (χ1n) is 2.91. The number of amides is 1. The Balaban J connectivity index is 2.50. The third kappa shape index (κ3) is 1.85. The molecule has 0 aliphatic carbocycles. The van der Waals surface area contributed by atoms with Crippen molar-refractivity contribution in [3.63, 3.8) is 0 Å². The molecule has 10 heavy (non-hydrogen) atoms. The molecule has 0 aliphatic heterocycles. The van der Waals surface area contributed by atoms with Gasteiger partial charge < -0.3 is 5.32 Å². The summed E-state index contributed by atoms with van der Waals surface area (Å²) < 4.78 is 0. The molecule has 0 spiro atoms. The highest BCUT2D eigenvalue weighted by Gasteiger charge is 1.87. The number of nitrogens with one attached hydrogen (secondary N) is 1. The summed E-state index contributed by atoms with van der Waals surface area (Å²) in [6.07, 6.45) is 2.29. The maximum Gasteiger partial charge on any atom is 0.207 e. The minimum atomic E-state index is 0.473.